The summed E-state index contributed by atoms with van der Waals surface area (Å²) in [4.78, 5) is 31.2. The number of hydrogen-bond donors (Lipinski definition) is 3. The van der Waals surface area contributed by atoms with Crippen LogP contribution in [0.3, 0.4) is 0 Å². The van der Waals surface area contributed by atoms with Gasteiger partial charge in [0.15, 0.2) is 11.6 Å². The molecule has 188 valence electrons. The van der Waals surface area contributed by atoms with Crippen LogP contribution in [0.15, 0.2) is 42.9 Å². The number of nitrogens with one attached hydrogen (secondary N) is 3. The molecule has 5 aromatic rings. The number of nitrogens with zero attached hydrogens (tertiary/aromatic N) is 5. The van der Waals surface area contributed by atoms with E-state index in [9.17, 15) is 4.79 Å². The lowest BCUT2D eigenvalue weighted by atomic mass is 10.1. The van der Waals surface area contributed by atoms with Crippen LogP contribution in [0.5, 0.6) is 0 Å². The van der Waals surface area contributed by atoms with Gasteiger partial charge in [-0.15, -0.1) is 0 Å². The summed E-state index contributed by atoms with van der Waals surface area (Å²) in [6.07, 6.45) is 8.17. The van der Waals surface area contributed by atoms with Crippen molar-refractivity contribution in [1.82, 2.24) is 30.1 Å². The van der Waals surface area contributed by atoms with E-state index in [2.05, 4.69) is 41.4 Å². The number of anilines is 2. The van der Waals surface area contributed by atoms with Crippen molar-refractivity contribution in [3.63, 3.8) is 0 Å². The molecule has 1 aliphatic heterocycles. The Kier molecular flexibility index (Phi) is 5.78. The minimum Gasteiger partial charge on any atom is -0.370 e. The van der Waals surface area contributed by atoms with Crippen molar-refractivity contribution in [2.75, 3.05) is 23.3 Å². The predicted molar refractivity (Wildman–Crippen MR) is 142 cm³/mol. The van der Waals surface area contributed by atoms with Gasteiger partial charge in [0.05, 0.1) is 40.2 Å². The van der Waals surface area contributed by atoms with Crippen LogP contribution < -0.4 is 10.2 Å². The first-order valence-electron chi connectivity index (χ1n) is 12.5. The van der Waals surface area contributed by atoms with Crippen LogP contribution >= 0.6 is 0 Å². The normalized spacial score (nSPS) is 14.1. The van der Waals surface area contributed by atoms with Crippen LogP contribution in [-0.2, 0) is 4.79 Å². The van der Waals surface area contributed by atoms with Crippen LogP contribution in [0, 0.1) is 11.7 Å². The topological polar surface area (TPSA) is 115 Å². The Balaban J connectivity index is 1.42. The fourth-order valence-electron chi connectivity index (χ4n) is 4.79. The van der Waals surface area contributed by atoms with Gasteiger partial charge in [-0.25, -0.2) is 9.37 Å². The number of para-hydroxylation sites is 1. The van der Waals surface area contributed by atoms with E-state index in [0.29, 0.717) is 33.7 Å². The molecule has 0 bridgehead atoms. The van der Waals surface area contributed by atoms with Crippen molar-refractivity contribution in [2.24, 2.45) is 5.92 Å². The van der Waals surface area contributed by atoms with Crippen molar-refractivity contribution in [1.29, 1.82) is 0 Å². The predicted octanol–water partition coefficient (Wildman–Crippen LogP) is 5.29. The molecule has 0 saturated carbocycles. The number of fused-ring (bicyclic) bond motifs is 2. The van der Waals surface area contributed by atoms with Crippen molar-refractivity contribution >= 4 is 39.2 Å². The quantitative estimate of drug-likeness (QED) is 0.303. The van der Waals surface area contributed by atoms with Crippen molar-refractivity contribution in [3.8, 4) is 22.8 Å². The zero-order valence-corrected chi connectivity index (χ0v) is 20.7. The van der Waals surface area contributed by atoms with Gasteiger partial charge in [0.2, 0.25) is 5.91 Å². The SMILES string of the molecule is CC(C)C(=O)Nc1cncc(-c2ncc3[nH]nc(-c4nc5c(N6CCCCC6)cccc5[nH]4)c3c2F)c1. The van der Waals surface area contributed by atoms with E-state index in [1.807, 2.05) is 12.1 Å². The van der Waals surface area contributed by atoms with E-state index in [0.717, 1.165) is 42.7 Å². The van der Waals surface area contributed by atoms with Crippen LogP contribution in [0.2, 0.25) is 0 Å². The van der Waals surface area contributed by atoms with E-state index in [1.54, 1.807) is 26.1 Å². The first-order chi connectivity index (χ1) is 18.0. The third kappa shape index (κ3) is 4.18. The number of pyridine rings is 2. The molecule has 6 rings (SSSR count). The Hall–Kier alpha value is -4.34. The lowest BCUT2D eigenvalue weighted by molar-refractivity contribution is -0.118. The summed E-state index contributed by atoms with van der Waals surface area (Å²) in [5.74, 6) is -0.388. The van der Waals surface area contributed by atoms with Crippen LogP contribution in [0.4, 0.5) is 15.8 Å². The molecular formula is C27H27FN8O. The van der Waals surface area contributed by atoms with Crippen LogP contribution in [0.1, 0.15) is 33.1 Å². The van der Waals surface area contributed by atoms with E-state index in [4.69, 9.17) is 4.98 Å². The number of H-pyrrole nitrogens is 2. The first kappa shape index (κ1) is 23.1. The summed E-state index contributed by atoms with van der Waals surface area (Å²) in [6.45, 7) is 5.60. The molecule has 9 nitrogen and oxygen atoms in total. The monoisotopic (exact) mass is 498 g/mol. The van der Waals surface area contributed by atoms with E-state index >= 15 is 4.39 Å². The van der Waals surface area contributed by atoms with E-state index < -0.39 is 5.82 Å². The highest BCUT2D eigenvalue weighted by Gasteiger charge is 2.22. The number of carbonyl (C=O) groups excluding carboxylic acids is 1. The second-order valence-electron chi connectivity index (χ2n) is 9.69. The summed E-state index contributed by atoms with van der Waals surface area (Å²) in [5, 5.41) is 10.4. The molecule has 0 unspecified atom stereocenters. The third-order valence-electron chi connectivity index (χ3n) is 6.76. The number of amides is 1. The lowest BCUT2D eigenvalue weighted by Gasteiger charge is -2.28. The summed E-state index contributed by atoms with van der Waals surface area (Å²) in [6, 6.07) is 7.73. The second-order valence-corrected chi connectivity index (χ2v) is 9.69. The van der Waals surface area contributed by atoms with Gasteiger partial charge in [0.25, 0.3) is 0 Å². The number of carbonyl (C=O) groups is 1. The summed E-state index contributed by atoms with van der Waals surface area (Å²) >= 11 is 0. The highest BCUT2D eigenvalue weighted by Crippen LogP contribution is 2.35. The summed E-state index contributed by atoms with van der Waals surface area (Å²) < 4.78 is 16.0. The number of benzene rings is 1. The average molecular weight is 499 g/mol. The average Bonchev–Trinajstić information content (AvgIpc) is 3.54. The van der Waals surface area contributed by atoms with Crippen molar-refractivity contribution < 1.29 is 9.18 Å². The molecule has 5 heterocycles. The molecule has 1 aromatic carbocycles. The van der Waals surface area contributed by atoms with Gasteiger partial charge in [-0.1, -0.05) is 19.9 Å². The zero-order chi connectivity index (χ0) is 25.5. The van der Waals surface area contributed by atoms with Gasteiger partial charge in [-0.3, -0.25) is 19.9 Å². The Labute approximate surface area is 212 Å². The lowest BCUT2D eigenvalue weighted by Crippen LogP contribution is -2.29. The van der Waals surface area contributed by atoms with Gasteiger partial charge in [0.1, 0.15) is 16.9 Å². The molecule has 1 amide bonds. The number of piperidine rings is 1. The van der Waals surface area contributed by atoms with Gasteiger partial charge in [0, 0.05) is 30.8 Å². The molecule has 10 heteroatoms. The standard InChI is InChI=1S/C27H27FN8O/c1-15(2)27(37)31-17-11-16(12-29-13-17)23-22(28)21-19(14-30-23)34-35-25(21)26-32-18-7-6-8-20(24(18)33-26)36-9-4-3-5-10-36/h6-8,11-15H,3-5,9-10H2,1-2H3,(H,31,37)(H,32,33)(H,34,35). The molecule has 1 aliphatic rings. The van der Waals surface area contributed by atoms with Crippen LogP contribution in [0.25, 0.3) is 44.7 Å². The summed E-state index contributed by atoms with van der Waals surface area (Å²) in [5.41, 5.74) is 4.70. The van der Waals surface area contributed by atoms with Crippen molar-refractivity contribution in [3.05, 3.63) is 48.7 Å². The third-order valence-corrected chi connectivity index (χ3v) is 6.76. The number of aromatic nitrogens is 6. The van der Waals surface area contributed by atoms with Gasteiger partial charge < -0.3 is 15.2 Å². The van der Waals surface area contributed by atoms with Gasteiger partial charge >= 0.3 is 0 Å². The fourth-order valence-corrected chi connectivity index (χ4v) is 4.79. The molecule has 1 fully saturated rings. The highest BCUT2D eigenvalue weighted by molar-refractivity contribution is 5.97. The maximum atomic E-state index is 16.0. The Bertz CT molecular complexity index is 1620. The Morgan fingerprint density at radius 3 is 2.73 bits per heavy atom. The molecule has 0 radical (unpaired) electrons. The number of hydrogen-bond acceptors (Lipinski definition) is 6. The first-order valence-corrected chi connectivity index (χ1v) is 12.5. The number of aromatic amines is 2. The Morgan fingerprint density at radius 2 is 1.92 bits per heavy atom. The molecule has 3 N–H and O–H groups in total. The summed E-state index contributed by atoms with van der Waals surface area (Å²) in [7, 11) is 0. The molecule has 37 heavy (non-hydrogen) atoms. The fraction of sp³-hybridized carbons (Fsp3) is 0.296. The maximum absolute atomic E-state index is 16.0. The van der Waals surface area contributed by atoms with E-state index in [1.165, 1.54) is 18.8 Å². The Morgan fingerprint density at radius 1 is 1.08 bits per heavy atom. The minimum absolute atomic E-state index is 0.119. The molecular weight excluding hydrogens is 471 g/mol. The smallest absolute Gasteiger partial charge is 0.226 e. The van der Waals surface area contributed by atoms with Gasteiger partial charge in [-0.2, -0.15) is 5.10 Å². The molecule has 0 aliphatic carbocycles. The maximum Gasteiger partial charge on any atom is 0.226 e. The highest BCUT2D eigenvalue weighted by atomic mass is 19.1. The molecule has 0 spiro atoms. The van der Waals surface area contributed by atoms with Gasteiger partial charge in [-0.05, 0) is 37.5 Å². The minimum atomic E-state index is -0.535. The molecule has 1 saturated heterocycles. The van der Waals surface area contributed by atoms with Crippen LogP contribution in [-0.4, -0.2) is 49.1 Å². The molecule has 0 atom stereocenters. The number of rotatable bonds is 5. The van der Waals surface area contributed by atoms with Crippen molar-refractivity contribution in [2.45, 2.75) is 33.1 Å². The van der Waals surface area contributed by atoms with E-state index in [-0.39, 0.29) is 17.5 Å². The largest absolute Gasteiger partial charge is 0.370 e. The number of halogens is 1. The molecule has 4 aromatic heterocycles. The zero-order valence-electron chi connectivity index (χ0n) is 20.7. The second kappa shape index (κ2) is 9.27. The number of imidazole rings is 1.